The first-order valence-corrected chi connectivity index (χ1v) is 9.02. The largest absolute Gasteiger partial charge is 0.493 e. The number of hydrogen-bond donors (Lipinski definition) is 1. The van der Waals surface area contributed by atoms with Crippen LogP contribution in [0.1, 0.15) is 18.3 Å². The molecule has 0 aliphatic carbocycles. The molecule has 6 nitrogen and oxygen atoms in total. The van der Waals surface area contributed by atoms with E-state index >= 15 is 0 Å². The quantitative estimate of drug-likeness (QED) is 0.572. The predicted octanol–water partition coefficient (Wildman–Crippen LogP) is 4.55. The molecule has 0 saturated carbocycles. The third-order valence-electron chi connectivity index (χ3n) is 4.17. The van der Waals surface area contributed by atoms with Crippen molar-refractivity contribution in [3.8, 4) is 23.0 Å². The second kappa shape index (κ2) is 10.3. The molecule has 0 fully saturated rings. The van der Waals surface area contributed by atoms with Crippen molar-refractivity contribution >= 4 is 24.0 Å². The molecule has 1 atom stereocenters. The topological polar surface area (TPSA) is 69.4 Å². The lowest BCUT2D eigenvalue weighted by Crippen LogP contribution is -2.24. The van der Waals surface area contributed by atoms with Crippen LogP contribution < -0.4 is 14.8 Å². The molecule has 3 rings (SSSR count). The first-order valence-electron chi connectivity index (χ1n) is 8.64. The highest BCUT2D eigenvalue weighted by atomic mass is 35.5. The van der Waals surface area contributed by atoms with Crippen molar-refractivity contribution < 1.29 is 14.0 Å². The Balaban J connectivity index is 0.00000280. The van der Waals surface area contributed by atoms with Crippen LogP contribution in [0.3, 0.4) is 0 Å². The van der Waals surface area contributed by atoms with Crippen LogP contribution in [-0.4, -0.2) is 30.3 Å². The third-order valence-corrected chi connectivity index (χ3v) is 4.42. The molecule has 0 radical (unpaired) electrons. The van der Waals surface area contributed by atoms with Crippen LogP contribution >= 0.6 is 24.0 Å². The summed E-state index contributed by atoms with van der Waals surface area (Å²) in [5.74, 6) is 2.36. The number of nitrogens with one attached hydrogen (secondary N) is 1. The maximum Gasteiger partial charge on any atom is 0.258 e. The molecule has 0 aliphatic rings. The summed E-state index contributed by atoms with van der Waals surface area (Å²) in [5.41, 5.74) is 1.80. The van der Waals surface area contributed by atoms with Crippen LogP contribution in [-0.2, 0) is 13.0 Å². The molecule has 0 bridgehead atoms. The maximum absolute atomic E-state index is 5.91. The van der Waals surface area contributed by atoms with Crippen molar-refractivity contribution in [2.75, 3.05) is 14.2 Å². The number of nitrogens with zero attached hydrogens (tertiary/aromatic N) is 2. The molecule has 28 heavy (non-hydrogen) atoms. The zero-order chi connectivity index (χ0) is 19.2. The minimum atomic E-state index is 0. The second-order valence-corrected chi connectivity index (χ2v) is 6.63. The van der Waals surface area contributed by atoms with E-state index in [-0.39, 0.29) is 18.4 Å². The Labute approximate surface area is 175 Å². The fourth-order valence-electron chi connectivity index (χ4n) is 2.49. The molecule has 0 amide bonds. The van der Waals surface area contributed by atoms with Crippen LogP contribution in [0, 0.1) is 0 Å². The van der Waals surface area contributed by atoms with E-state index in [1.807, 2.05) is 49.5 Å². The van der Waals surface area contributed by atoms with Gasteiger partial charge in [0.2, 0.25) is 0 Å². The molecule has 1 unspecified atom stereocenters. The van der Waals surface area contributed by atoms with E-state index in [2.05, 4.69) is 22.4 Å². The highest BCUT2D eigenvalue weighted by molar-refractivity contribution is 6.30. The van der Waals surface area contributed by atoms with Crippen molar-refractivity contribution in [2.45, 2.75) is 26.0 Å². The lowest BCUT2D eigenvalue weighted by Gasteiger charge is -2.11. The molecule has 0 spiro atoms. The number of rotatable bonds is 8. The van der Waals surface area contributed by atoms with E-state index in [0.29, 0.717) is 41.3 Å². The predicted molar refractivity (Wildman–Crippen MR) is 112 cm³/mol. The summed E-state index contributed by atoms with van der Waals surface area (Å²) in [4.78, 5) is 4.45. The highest BCUT2D eigenvalue weighted by Crippen LogP contribution is 2.32. The standard InChI is InChI=1S/C20H22ClN3O3.ClH/c1-13(22-2)10-19-23-20(27-24-19)15-6-9-17(18(11-15)25-3)26-12-14-4-7-16(21)8-5-14;/h4-9,11,13,22H,10,12H2,1-3H3;1H. The fourth-order valence-corrected chi connectivity index (χ4v) is 2.62. The molecule has 1 aromatic heterocycles. The van der Waals surface area contributed by atoms with Gasteiger partial charge in [-0.15, -0.1) is 12.4 Å². The van der Waals surface area contributed by atoms with Crippen LogP contribution in [0.2, 0.25) is 5.02 Å². The van der Waals surface area contributed by atoms with Gasteiger partial charge in [0, 0.05) is 23.0 Å². The van der Waals surface area contributed by atoms with Gasteiger partial charge in [0.1, 0.15) is 6.61 Å². The van der Waals surface area contributed by atoms with Gasteiger partial charge >= 0.3 is 0 Å². The molecule has 0 aliphatic heterocycles. The summed E-state index contributed by atoms with van der Waals surface area (Å²) < 4.78 is 16.7. The Hall–Kier alpha value is -2.28. The normalized spacial score (nSPS) is 11.6. The summed E-state index contributed by atoms with van der Waals surface area (Å²) in [6, 6.07) is 13.3. The van der Waals surface area contributed by atoms with Gasteiger partial charge in [-0.3, -0.25) is 0 Å². The molecule has 1 N–H and O–H groups in total. The van der Waals surface area contributed by atoms with E-state index in [0.717, 1.165) is 11.1 Å². The number of benzene rings is 2. The number of halogens is 2. The molecule has 8 heteroatoms. The monoisotopic (exact) mass is 423 g/mol. The first-order chi connectivity index (χ1) is 13.1. The average Bonchev–Trinajstić information content (AvgIpc) is 3.15. The van der Waals surface area contributed by atoms with Gasteiger partial charge in [0.05, 0.1) is 7.11 Å². The fraction of sp³-hybridized carbons (Fsp3) is 0.300. The number of hydrogen-bond acceptors (Lipinski definition) is 6. The Morgan fingerprint density at radius 3 is 2.57 bits per heavy atom. The van der Waals surface area contributed by atoms with E-state index in [1.54, 1.807) is 7.11 Å². The minimum absolute atomic E-state index is 0. The summed E-state index contributed by atoms with van der Waals surface area (Å²) in [5, 5.41) is 7.88. The van der Waals surface area contributed by atoms with Gasteiger partial charge in [-0.2, -0.15) is 4.98 Å². The van der Waals surface area contributed by atoms with E-state index in [4.69, 9.17) is 25.6 Å². The summed E-state index contributed by atoms with van der Waals surface area (Å²) in [6.07, 6.45) is 0.694. The van der Waals surface area contributed by atoms with Crippen molar-refractivity contribution in [3.05, 3.63) is 58.9 Å². The molecule has 150 valence electrons. The van der Waals surface area contributed by atoms with Crippen LogP contribution in [0.25, 0.3) is 11.5 Å². The van der Waals surface area contributed by atoms with Gasteiger partial charge in [-0.1, -0.05) is 28.9 Å². The van der Waals surface area contributed by atoms with Crippen LogP contribution in [0.5, 0.6) is 11.5 Å². The van der Waals surface area contributed by atoms with Crippen molar-refractivity contribution in [3.63, 3.8) is 0 Å². The first kappa shape index (κ1) is 22.0. The van der Waals surface area contributed by atoms with Gasteiger partial charge in [-0.05, 0) is 49.9 Å². The lowest BCUT2D eigenvalue weighted by molar-refractivity contribution is 0.284. The molecule has 1 heterocycles. The van der Waals surface area contributed by atoms with Crippen LogP contribution in [0.15, 0.2) is 47.0 Å². The Morgan fingerprint density at radius 1 is 1.14 bits per heavy atom. The minimum Gasteiger partial charge on any atom is -0.493 e. The molecule has 0 saturated heterocycles. The van der Waals surface area contributed by atoms with Crippen LogP contribution in [0.4, 0.5) is 0 Å². The van der Waals surface area contributed by atoms with Gasteiger partial charge in [0.25, 0.3) is 5.89 Å². The second-order valence-electron chi connectivity index (χ2n) is 6.19. The Bertz CT molecular complexity index is 885. The highest BCUT2D eigenvalue weighted by Gasteiger charge is 2.14. The summed E-state index contributed by atoms with van der Waals surface area (Å²) >= 11 is 5.91. The lowest BCUT2D eigenvalue weighted by atomic mass is 10.2. The smallest absolute Gasteiger partial charge is 0.258 e. The van der Waals surface area contributed by atoms with Crippen molar-refractivity contribution in [1.82, 2.24) is 15.5 Å². The number of aromatic nitrogens is 2. The average molecular weight is 424 g/mol. The van der Waals surface area contributed by atoms with E-state index < -0.39 is 0 Å². The third kappa shape index (κ3) is 5.61. The van der Waals surface area contributed by atoms with E-state index in [9.17, 15) is 0 Å². The summed E-state index contributed by atoms with van der Waals surface area (Å²) in [6.45, 7) is 2.48. The van der Waals surface area contributed by atoms with E-state index in [1.165, 1.54) is 0 Å². The zero-order valence-corrected chi connectivity index (χ0v) is 17.5. The molecule has 3 aromatic rings. The Morgan fingerprint density at radius 2 is 1.89 bits per heavy atom. The Kier molecular flexibility index (Phi) is 8.11. The molecule has 2 aromatic carbocycles. The number of methoxy groups -OCH3 is 1. The summed E-state index contributed by atoms with van der Waals surface area (Å²) in [7, 11) is 3.50. The van der Waals surface area contributed by atoms with Gasteiger partial charge in [-0.25, -0.2) is 0 Å². The molecular weight excluding hydrogens is 401 g/mol. The van der Waals surface area contributed by atoms with Crippen molar-refractivity contribution in [2.24, 2.45) is 0 Å². The zero-order valence-electron chi connectivity index (χ0n) is 15.9. The number of ether oxygens (including phenoxy) is 2. The maximum atomic E-state index is 5.91. The number of likely N-dealkylation sites (N-methyl/N-ethyl adjacent to an activating group) is 1. The van der Waals surface area contributed by atoms with Crippen molar-refractivity contribution in [1.29, 1.82) is 0 Å². The molecular formula is C20H23Cl2N3O3. The van der Waals surface area contributed by atoms with Gasteiger partial charge in [0.15, 0.2) is 17.3 Å². The van der Waals surface area contributed by atoms with Gasteiger partial charge < -0.3 is 19.3 Å². The SMILES string of the molecule is CNC(C)Cc1noc(-c2ccc(OCc3ccc(Cl)cc3)c(OC)c2)n1.Cl.